The normalized spacial score (nSPS) is 10.8. The summed E-state index contributed by atoms with van der Waals surface area (Å²) in [5.41, 5.74) is 2.63. The second kappa shape index (κ2) is 8.12. The van der Waals surface area contributed by atoms with Gasteiger partial charge in [0.2, 0.25) is 5.91 Å². The average molecular weight is 336 g/mol. The van der Waals surface area contributed by atoms with Crippen molar-refractivity contribution in [3.05, 3.63) is 70.9 Å². The lowest BCUT2D eigenvalue weighted by Gasteiger charge is -1.99. The molecule has 0 atom stereocenters. The fourth-order valence-electron chi connectivity index (χ4n) is 2.06. The van der Waals surface area contributed by atoms with Crippen LogP contribution < -0.4 is 5.32 Å². The Bertz CT molecular complexity index is 815. The highest BCUT2D eigenvalue weighted by Crippen LogP contribution is 2.19. The number of pyridine rings is 2. The molecule has 6 heteroatoms. The van der Waals surface area contributed by atoms with E-state index in [1.54, 1.807) is 36.0 Å². The monoisotopic (exact) mass is 336 g/mol. The Morgan fingerprint density at radius 1 is 1.17 bits per heavy atom. The van der Waals surface area contributed by atoms with E-state index in [0.717, 1.165) is 22.0 Å². The minimum Gasteiger partial charge on any atom is -0.352 e. The van der Waals surface area contributed by atoms with Crippen LogP contribution in [0.2, 0.25) is 0 Å². The van der Waals surface area contributed by atoms with E-state index in [1.807, 2.05) is 35.7 Å². The summed E-state index contributed by atoms with van der Waals surface area (Å²) in [6.07, 6.45) is 9.11. The van der Waals surface area contributed by atoms with Gasteiger partial charge < -0.3 is 5.32 Å². The van der Waals surface area contributed by atoms with Crippen molar-refractivity contribution in [2.75, 3.05) is 6.54 Å². The molecule has 3 rings (SSSR count). The molecule has 3 heterocycles. The second-order valence-corrected chi connectivity index (χ2v) is 5.94. The first-order valence-corrected chi connectivity index (χ1v) is 8.41. The molecule has 0 aromatic carbocycles. The van der Waals surface area contributed by atoms with Crippen LogP contribution in [0.4, 0.5) is 0 Å². The first-order chi connectivity index (χ1) is 11.8. The molecule has 0 spiro atoms. The van der Waals surface area contributed by atoms with Gasteiger partial charge in [0.15, 0.2) is 0 Å². The lowest BCUT2D eigenvalue weighted by molar-refractivity contribution is -0.116. The highest BCUT2D eigenvalue weighted by molar-refractivity contribution is 7.09. The molecule has 3 aromatic rings. The third-order valence-corrected chi connectivity index (χ3v) is 4.14. The summed E-state index contributed by atoms with van der Waals surface area (Å²) in [4.78, 5) is 24.6. The van der Waals surface area contributed by atoms with Crippen LogP contribution in [0.3, 0.4) is 0 Å². The van der Waals surface area contributed by atoms with Crippen molar-refractivity contribution < 1.29 is 4.79 Å². The Labute approximate surface area is 144 Å². The van der Waals surface area contributed by atoms with E-state index >= 15 is 0 Å². The topological polar surface area (TPSA) is 67.8 Å². The standard InChI is InChI=1S/C18H16N4OS/c23-17(7-6-14-4-3-9-19-12-14)21-11-8-18-22-16(13-24-18)15-5-1-2-10-20-15/h1-7,9-10,12-13H,8,11H2,(H,21,23)/b7-6+. The predicted octanol–water partition coefficient (Wildman–Crippen LogP) is 2.97. The van der Waals surface area contributed by atoms with Gasteiger partial charge in [-0.05, 0) is 29.8 Å². The van der Waals surface area contributed by atoms with E-state index in [2.05, 4.69) is 20.3 Å². The highest BCUT2D eigenvalue weighted by atomic mass is 32.1. The van der Waals surface area contributed by atoms with Crippen molar-refractivity contribution in [2.45, 2.75) is 6.42 Å². The largest absolute Gasteiger partial charge is 0.352 e. The maximum absolute atomic E-state index is 11.8. The van der Waals surface area contributed by atoms with Crippen LogP contribution >= 0.6 is 11.3 Å². The Hall–Kier alpha value is -2.86. The Morgan fingerprint density at radius 3 is 2.92 bits per heavy atom. The van der Waals surface area contributed by atoms with Crippen molar-refractivity contribution >= 4 is 23.3 Å². The van der Waals surface area contributed by atoms with Crippen molar-refractivity contribution in [3.8, 4) is 11.4 Å². The molecule has 0 fully saturated rings. The molecule has 0 saturated heterocycles. The molecule has 0 aliphatic rings. The molecule has 0 aliphatic carbocycles. The van der Waals surface area contributed by atoms with Gasteiger partial charge in [0.1, 0.15) is 0 Å². The molecule has 120 valence electrons. The van der Waals surface area contributed by atoms with Crippen LogP contribution in [0.15, 0.2) is 60.4 Å². The van der Waals surface area contributed by atoms with Gasteiger partial charge >= 0.3 is 0 Å². The Balaban J connectivity index is 1.47. The SMILES string of the molecule is O=C(/C=C/c1cccnc1)NCCc1nc(-c2ccccn2)cs1. The second-order valence-electron chi connectivity index (χ2n) is 5.00. The summed E-state index contributed by atoms with van der Waals surface area (Å²) in [7, 11) is 0. The predicted molar refractivity (Wildman–Crippen MR) is 95.3 cm³/mol. The summed E-state index contributed by atoms with van der Waals surface area (Å²) in [5.74, 6) is -0.125. The van der Waals surface area contributed by atoms with E-state index in [-0.39, 0.29) is 5.91 Å². The third kappa shape index (κ3) is 4.57. The molecule has 0 aliphatic heterocycles. The van der Waals surface area contributed by atoms with Gasteiger partial charge in [-0.1, -0.05) is 12.1 Å². The summed E-state index contributed by atoms with van der Waals surface area (Å²) in [5, 5.41) is 5.82. The Morgan fingerprint density at radius 2 is 2.12 bits per heavy atom. The fraction of sp³-hybridized carbons (Fsp3) is 0.111. The van der Waals surface area contributed by atoms with Crippen LogP contribution in [0.1, 0.15) is 10.6 Å². The van der Waals surface area contributed by atoms with E-state index in [1.165, 1.54) is 6.08 Å². The van der Waals surface area contributed by atoms with Crippen molar-refractivity contribution in [2.24, 2.45) is 0 Å². The minimum atomic E-state index is -0.125. The molecule has 0 saturated carbocycles. The van der Waals surface area contributed by atoms with Gasteiger partial charge in [-0.15, -0.1) is 11.3 Å². The maximum atomic E-state index is 11.8. The molecule has 0 bridgehead atoms. The van der Waals surface area contributed by atoms with Gasteiger partial charge in [0, 0.05) is 43.0 Å². The van der Waals surface area contributed by atoms with Crippen molar-refractivity contribution in [3.63, 3.8) is 0 Å². The number of rotatable bonds is 6. The number of nitrogens with zero attached hydrogens (tertiary/aromatic N) is 3. The van der Waals surface area contributed by atoms with Crippen LogP contribution in [-0.2, 0) is 11.2 Å². The number of hydrogen-bond acceptors (Lipinski definition) is 5. The number of thiazole rings is 1. The zero-order chi connectivity index (χ0) is 16.6. The molecule has 0 unspecified atom stereocenters. The molecular weight excluding hydrogens is 320 g/mol. The van der Waals surface area contributed by atoms with E-state index < -0.39 is 0 Å². The summed E-state index contributed by atoms with van der Waals surface area (Å²) in [6.45, 7) is 0.547. The highest BCUT2D eigenvalue weighted by Gasteiger charge is 2.05. The fourth-order valence-corrected chi connectivity index (χ4v) is 2.85. The zero-order valence-electron chi connectivity index (χ0n) is 12.9. The third-order valence-electron chi connectivity index (χ3n) is 3.23. The van der Waals surface area contributed by atoms with Crippen LogP contribution in [0.25, 0.3) is 17.5 Å². The van der Waals surface area contributed by atoms with Gasteiger partial charge in [0.05, 0.1) is 16.4 Å². The lowest BCUT2D eigenvalue weighted by Crippen LogP contribution is -2.23. The Kier molecular flexibility index (Phi) is 5.42. The van der Waals surface area contributed by atoms with E-state index in [4.69, 9.17) is 0 Å². The minimum absolute atomic E-state index is 0.125. The van der Waals surface area contributed by atoms with Crippen molar-refractivity contribution in [1.29, 1.82) is 0 Å². The lowest BCUT2D eigenvalue weighted by atomic mass is 10.2. The molecule has 5 nitrogen and oxygen atoms in total. The maximum Gasteiger partial charge on any atom is 0.244 e. The molecule has 0 radical (unpaired) electrons. The number of carbonyl (C=O) groups is 1. The molecule has 24 heavy (non-hydrogen) atoms. The summed E-state index contributed by atoms with van der Waals surface area (Å²) in [6, 6.07) is 9.48. The number of aromatic nitrogens is 3. The van der Waals surface area contributed by atoms with Gasteiger partial charge in [-0.2, -0.15) is 0 Å². The first kappa shape index (κ1) is 16.0. The number of nitrogens with one attached hydrogen (secondary N) is 1. The van der Waals surface area contributed by atoms with Crippen molar-refractivity contribution in [1.82, 2.24) is 20.3 Å². The molecule has 3 aromatic heterocycles. The first-order valence-electron chi connectivity index (χ1n) is 7.53. The average Bonchev–Trinajstić information content (AvgIpc) is 3.11. The van der Waals surface area contributed by atoms with Gasteiger partial charge in [-0.3, -0.25) is 14.8 Å². The van der Waals surface area contributed by atoms with Gasteiger partial charge in [-0.25, -0.2) is 4.98 Å². The smallest absolute Gasteiger partial charge is 0.244 e. The molecule has 1 amide bonds. The summed E-state index contributed by atoms with van der Waals surface area (Å²) < 4.78 is 0. The number of amides is 1. The summed E-state index contributed by atoms with van der Waals surface area (Å²) >= 11 is 1.58. The van der Waals surface area contributed by atoms with E-state index in [9.17, 15) is 4.79 Å². The molecule has 1 N–H and O–H groups in total. The quantitative estimate of drug-likeness (QED) is 0.703. The zero-order valence-corrected chi connectivity index (χ0v) is 13.7. The number of carbonyl (C=O) groups excluding carboxylic acids is 1. The van der Waals surface area contributed by atoms with Gasteiger partial charge in [0.25, 0.3) is 0 Å². The van der Waals surface area contributed by atoms with Crippen LogP contribution in [0.5, 0.6) is 0 Å². The number of hydrogen-bond donors (Lipinski definition) is 1. The van der Waals surface area contributed by atoms with Crippen LogP contribution in [-0.4, -0.2) is 27.4 Å². The molecular formula is C18H16N4OS. The van der Waals surface area contributed by atoms with Crippen LogP contribution in [0, 0.1) is 0 Å². The van der Waals surface area contributed by atoms with E-state index in [0.29, 0.717) is 13.0 Å².